The third-order valence-electron chi connectivity index (χ3n) is 3.47. The molecule has 0 aliphatic carbocycles. The molecule has 6 heteroatoms. The first-order valence-electron chi connectivity index (χ1n) is 8.68. The number of rotatable bonds is 5. The van der Waals surface area contributed by atoms with E-state index in [1.165, 1.54) is 11.9 Å². The van der Waals surface area contributed by atoms with Crippen LogP contribution in [0.25, 0.3) is 0 Å². The molecular weight excluding hydrogens is 342 g/mol. The Morgan fingerprint density at radius 2 is 1.44 bits per heavy atom. The largest absolute Gasteiger partial charge is 0.444 e. The van der Waals surface area contributed by atoms with Crippen LogP contribution < -0.4 is 5.43 Å². The zero-order valence-corrected chi connectivity index (χ0v) is 16.1. The van der Waals surface area contributed by atoms with Crippen LogP contribution >= 0.6 is 0 Å². The normalized spacial score (nSPS) is 10.7. The van der Waals surface area contributed by atoms with E-state index in [4.69, 9.17) is 4.74 Å². The minimum absolute atomic E-state index is 0.157. The second-order valence-electron chi connectivity index (χ2n) is 7.06. The molecule has 2 aromatic carbocycles. The van der Waals surface area contributed by atoms with Gasteiger partial charge in [0.15, 0.2) is 0 Å². The first-order chi connectivity index (χ1) is 12.8. The van der Waals surface area contributed by atoms with Crippen LogP contribution in [0.1, 0.15) is 31.9 Å². The van der Waals surface area contributed by atoms with E-state index in [0.717, 1.165) is 11.1 Å². The van der Waals surface area contributed by atoms with Crippen LogP contribution in [0.15, 0.2) is 65.8 Å². The molecule has 27 heavy (non-hydrogen) atoms. The van der Waals surface area contributed by atoms with E-state index in [-0.39, 0.29) is 6.54 Å². The van der Waals surface area contributed by atoms with Gasteiger partial charge in [0.05, 0.1) is 5.71 Å². The van der Waals surface area contributed by atoms with Gasteiger partial charge in [0.2, 0.25) is 0 Å². The summed E-state index contributed by atoms with van der Waals surface area (Å²) >= 11 is 0. The van der Waals surface area contributed by atoms with Crippen molar-refractivity contribution in [3.8, 4) is 0 Å². The van der Waals surface area contributed by atoms with E-state index in [1.54, 1.807) is 20.8 Å². The smallest absolute Gasteiger partial charge is 0.410 e. The van der Waals surface area contributed by atoms with E-state index in [0.29, 0.717) is 5.71 Å². The Bertz CT molecular complexity index is 755. The molecule has 0 unspecified atom stereocenters. The quantitative estimate of drug-likeness (QED) is 0.650. The molecule has 2 rings (SSSR count). The summed E-state index contributed by atoms with van der Waals surface area (Å²) in [5.41, 5.74) is 4.31. The van der Waals surface area contributed by atoms with Crippen molar-refractivity contribution in [1.29, 1.82) is 0 Å². The number of nitrogens with zero attached hydrogens (tertiary/aromatic N) is 2. The van der Waals surface area contributed by atoms with Gasteiger partial charge in [-0.2, -0.15) is 5.10 Å². The summed E-state index contributed by atoms with van der Waals surface area (Å²) in [6.45, 7) is 5.16. The molecule has 2 amide bonds. The number of hydrogen-bond donors (Lipinski definition) is 1. The SMILES string of the molecule is CN(CC(=O)NN=C(c1ccccc1)c1ccccc1)C(=O)OC(C)(C)C. The number of hydrogen-bond acceptors (Lipinski definition) is 4. The number of hydrazone groups is 1. The molecule has 0 saturated carbocycles. The first kappa shape index (κ1) is 20.2. The predicted molar refractivity (Wildman–Crippen MR) is 106 cm³/mol. The van der Waals surface area contributed by atoms with Gasteiger partial charge >= 0.3 is 6.09 Å². The molecule has 0 aliphatic rings. The Labute approximate surface area is 159 Å². The number of likely N-dealkylation sites (N-methyl/N-ethyl adjacent to an activating group) is 1. The molecule has 6 nitrogen and oxygen atoms in total. The molecule has 0 heterocycles. The van der Waals surface area contributed by atoms with Gasteiger partial charge < -0.3 is 9.64 Å². The Hall–Kier alpha value is -3.15. The third-order valence-corrected chi connectivity index (χ3v) is 3.47. The number of carbonyl (C=O) groups is 2. The molecule has 1 N–H and O–H groups in total. The van der Waals surface area contributed by atoms with E-state index in [1.807, 2.05) is 60.7 Å². The maximum Gasteiger partial charge on any atom is 0.410 e. The summed E-state index contributed by atoms with van der Waals surface area (Å²) in [5.74, 6) is -0.410. The summed E-state index contributed by atoms with van der Waals surface area (Å²) in [4.78, 5) is 25.4. The Morgan fingerprint density at radius 1 is 0.963 bits per heavy atom. The molecule has 0 fully saturated rings. The van der Waals surface area contributed by atoms with E-state index < -0.39 is 17.6 Å². The molecule has 142 valence electrons. The lowest BCUT2D eigenvalue weighted by Crippen LogP contribution is -2.40. The van der Waals surface area contributed by atoms with Crippen LogP contribution in [-0.2, 0) is 9.53 Å². The maximum atomic E-state index is 12.2. The first-order valence-corrected chi connectivity index (χ1v) is 8.68. The van der Waals surface area contributed by atoms with Crippen LogP contribution in [-0.4, -0.2) is 41.8 Å². The van der Waals surface area contributed by atoms with Crippen LogP contribution in [0.4, 0.5) is 4.79 Å². The molecule has 0 radical (unpaired) electrons. The molecule has 0 spiro atoms. The average Bonchev–Trinajstić information content (AvgIpc) is 2.62. The van der Waals surface area contributed by atoms with Crippen molar-refractivity contribution in [1.82, 2.24) is 10.3 Å². The molecule has 0 bridgehead atoms. The number of nitrogens with one attached hydrogen (secondary N) is 1. The molecular formula is C21H25N3O3. The van der Waals surface area contributed by atoms with Crippen LogP contribution in [0.5, 0.6) is 0 Å². The summed E-state index contributed by atoms with van der Waals surface area (Å²) < 4.78 is 5.24. The molecule has 2 aromatic rings. The van der Waals surface area contributed by atoms with Gasteiger partial charge in [-0.25, -0.2) is 10.2 Å². The van der Waals surface area contributed by atoms with Crippen molar-refractivity contribution in [2.45, 2.75) is 26.4 Å². The van der Waals surface area contributed by atoms with Crippen molar-refractivity contribution in [2.24, 2.45) is 5.10 Å². The molecule has 0 atom stereocenters. The number of ether oxygens (including phenoxy) is 1. The second-order valence-corrected chi connectivity index (χ2v) is 7.06. The fourth-order valence-electron chi connectivity index (χ4n) is 2.26. The van der Waals surface area contributed by atoms with Crippen LogP contribution in [0.3, 0.4) is 0 Å². The third kappa shape index (κ3) is 6.58. The highest BCUT2D eigenvalue weighted by Crippen LogP contribution is 2.11. The monoisotopic (exact) mass is 367 g/mol. The summed E-state index contributed by atoms with van der Waals surface area (Å²) in [6.07, 6.45) is -0.562. The Morgan fingerprint density at radius 3 is 1.89 bits per heavy atom. The van der Waals surface area contributed by atoms with Crippen molar-refractivity contribution in [2.75, 3.05) is 13.6 Å². The van der Waals surface area contributed by atoms with E-state index in [9.17, 15) is 9.59 Å². The molecule has 0 aromatic heterocycles. The zero-order chi connectivity index (χ0) is 19.9. The summed E-state index contributed by atoms with van der Waals surface area (Å²) in [7, 11) is 1.51. The van der Waals surface area contributed by atoms with Gasteiger partial charge in [-0.1, -0.05) is 60.7 Å². The maximum absolute atomic E-state index is 12.2. The topological polar surface area (TPSA) is 71.0 Å². The lowest BCUT2D eigenvalue weighted by Gasteiger charge is -2.24. The lowest BCUT2D eigenvalue weighted by atomic mass is 10.0. The van der Waals surface area contributed by atoms with Crippen molar-refractivity contribution in [3.63, 3.8) is 0 Å². The minimum atomic E-state index is -0.617. The van der Waals surface area contributed by atoms with Gasteiger partial charge in [-0.3, -0.25) is 4.79 Å². The van der Waals surface area contributed by atoms with E-state index in [2.05, 4.69) is 10.5 Å². The lowest BCUT2D eigenvalue weighted by molar-refractivity contribution is -0.122. The van der Waals surface area contributed by atoms with Gasteiger partial charge in [0, 0.05) is 18.2 Å². The highest BCUT2D eigenvalue weighted by molar-refractivity contribution is 6.13. The Kier molecular flexibility index (Phi) is 6.71. The fraction of sp³-hybridized carbons (Fsp3) is 0.286. The highest BCUT2D eigenvalue weighted by Gasteiger charge is 2.21. The standard InChI is InChI=1S/C21H25N3O3/c1-21(2,3)27-20(26)24(4)15-18(25)22-23-19(16-11-7-5-8-12-16)17-13-9-6-10-14-17/h5-14H,15H2,1-4H3,(H,22,25). The van der Waals surface area contributed by atoms with Gasteiger partial charge in [0.1, 0.15) is 12.1 Å². The van der Waals surface area contributed by atoms with Gasteiger partial charge in [-0.05, 0) is 20.8 Å². The predicted octanol–water partition coefficient (Wildman–Crippen LogP) is 3.42. The highest BCUT2D eigenvalue weighted by atomic mass is 16.6. The van der Waals surface area contributed by atoms with Crippen molar-refractivity contribution < 1.29 is 14.3 Å². The van der Waals surface area contributed by atoms with Crippen LogP contribution in [0, 0.1) is 0 Å². The number of benzene rings is 2. The van der Waals surface area contributed by atoms with E-state index >= 15 is 0 Å². The number of carbonyl (C=O) groups excluding carboxylic acids is 2. The van der Waals surface area contributed by atoms with Gasteiger partial charge in [0.25, 0.3) is 5.91 Å². The minimum Gasteiger partial charge on any atom is -0.444 e. The summed E-state index contributed by atoms with van der Waals surface area (Å²) in [6, 6.07) is 19.2. The second kappa shape index (κ2) is 8.98. The molecule has 0 aliphatic heterocycles. The molecule has 0 saturated heterocycles. The average molecular weight is 367 g/mol. The number of amides is 2. The Balaban J connectivity index is 2.10. The fourth-order valence-corrected chi connectivity index (χ4v) is 2.26. The zero-order valence-electron chi connectivity index (χ0n) is 16.1. The van der Waals surface area contributed by atoms with Crippen molar-refractivity contribution >= 4 is 17.7 Å². The summed E-state index contributed by atoms with van der Waals surface area (Å²) in [5, 5.41) is 4.29. The van der Waals surface area contributed by atoms with Gasteiger partial charge in [-0.15, -0.1) is 0 Å². The van der Waals surface area contributed by atoms with Crippen LogP contribution in [0.2, 0.25) is 0 Å². The van der Waals surface area contributed by atoms with Crippen molar-refractivity contribution in [3.05, 3.63) is 71.8 Å².